The van der Waals surface area contributed by atoms with E-state index in [2.05, 4.69) is 15.9 Å². The zero-order valence-electron chi connectivity index (χ0n) is 16.1. The van der Waals surface area contributed by atoms with Crippen LogP contribution in [0.3, 0.4) is 0 Å². The van der Waals surface area contributed by atoms with Crippen LogP contribution in [0.4, 0.5) is 8.78 Å². The van der Waals surface area contributed by atoms with Gasteiger partial charge in [0.15, 0.2) is 0 Å². The van der Waals surface area contributed by atoms with Crippen molar-refractivity contribution in [2.45, 2.75) is 10.8 Å². The van der Waals surface area contributed by atoms with E-state index in [1.54, 1.807) is 12.1 Å². The molecule has 2 N–H and O–H groups in total. The van der Waals surface area contributed by atoms with Crippen LogP contribution in [0.2, 0.25) is 0 Å². The van der Waals surface area contributed by atoms with E-state index < -0.39 is 27.7 Å². The van der Waals surface area contributed by atoms with E-state index in [0.29, 0.717) is 16.1 Å². The maximum atomic E-state index is 14.5. The van der Waals surface area contributed by atoms with Crippen molar-refractivity contribution in [3.63, 3.8) is 0 Å². The molecule has 10 heteroatoms. The van der Waals surface area contributed by atoms with Gasteiger partial charge in [-0.3, -0.25) is 0 Å². The summed E-state index contributed by atoms with van der Waals surface area (Å²) in [7, 11) is -4.14. The number of benzene rings is 3. The lowest BCUT2D eigenvalue weighted by molar-refractivity contribution is 0.390. The average molecular weight is 519 g/mol. The van der Waals surface area contributed by atoms with E-state index in [1.165, 1.54) is 36.4 Å². The van der Waals surface area contributed by atoms with Crippen molar-refractivity contribution in [3.8, 4) is 17.6 Å². The fourth-order valence-electron chi connectivity index (χ4n) is 3.32. The van der Waals surface area contributed by atoms with Gasteiger partial charge in [-0.05, 0) is 36.4 Å². The van der Waals surface area contributed by atoms with Crippen LogP contribution in [0, 0.1) is 23.0 Å². The molecule has 0 radical (unpaired) electrons. The SMILES string of the molecule is N#CC1=C(N)Oc2cc(OS(=O)(=O)c3ccc(Br)cc3)ccc2C1c1ccc(F)cc1F. The lowest BCUT2D eigenvalue weighted by Gasteiger charge is -2.27. The second-order valence-electron chi connectivity index (χ2n) is 6.78. The van der Waals surface area contributed by atoms with Crippen LogP contribution in [0.15, 0.2) is 81.5 Å². The zero-order chi connectivity index (χ0) is 23.0. The summed E-state index contributed by atoms with van der Waals surface area (Å²) >= 11 is 3.23. The molecule has 6 nitrogen and oxygen atoms in total. The smallest absolute Gasteiger partial charge is 0.339 e. The Morgan fingerprint density at radius 2 is 1.72 bits per heavy atom. The van der Waals surface area contributed by atoms with Crippen molar-refractivity contribution in [2.24, 2.45) is 5.73 Å². The predicted octanol–water partition coefficient (Wildman–Crippen LogP) is 4.71. The molecular weight excluding hydrogens is 506 g/mol. The standard InChI is InChI=1S/C22H13BrF2N2O4S/c23-12-1-5-15(6-2-12)32(28,29)31-14-4-8-17-20(10-14)30-22(27)18(11-26)21(17)16-7-3-13(24)9-19(16)25/h1-10,21H,27H2. The molecule has 0 saturated heterocycles. The highest BCUT2D eigenvalue weighted by Gasteiger charge is 2.33. The van der Waals surface area contributed by atoms with Gasteiger partial charge in [-0.15, -0.1) is 0 Å². The minimum Gasteiger partial charge on any atom is -0.440 e. The van der Waals surface area contributed by atoms with Crippen molar-refractivity contribution in [1.82, 2.24) is 0 Å². The normalized spacial score (nSPS) is 15.5. The number of allylic oxidation sites excluding steroid dienone is 1. The lowest BCUT2D eigenvalue weighted by Crippen LogP contribution is -2.22. The van der Waals surface area contributed by atoms with Crippen molar-refractivity contribution >= 4 is 26.0 Å². The molecule has 0 aromatic heterocycles. The van der Waals surface area contributed by atoms with Gasteiger partial charge >= 0.3 is 10.1 Å². The average Bonchev–Trinajstić information content (AvgIpc) is 2.73. The van der Waals surface area contributed by atoms with Gasteiger partial charge in [0, 0.05) is 27.7 Å². The number of nitriles is 1. The van der Waals surface area contributed by atoms with Crippen molar-refractivity contribution in [2.75, 3.05) is 0 Å². The molecule has 1 atom stereocenters. The summed E-state index contributed by atoms with van der Waals surface area (Å²) in [4.78, 5) is -0.0585. The molecule has 0 fully saturated rings. The summed E-state index contributed by atoms with van der Waals surface area (Å²) in [6, 6.07) is 14.8. The predicted molar refractivity (Wildman–Crippen MR) is 114 cm³/mol. The number of fused-ring (bicyclic) bond motifs is 1. The number of hydrogen-bond donors (Lipinski definition) is 1. The van der Waals surface area contributed by atoms with Crippen molar-refractivity contribution < 1.29 is 26.1 Å². The first kappa shape index (κ1) is 21.8. The molecule has 1 aliphatic heterocycles. The highest BCUT2D eigenvalue weighted by Crippen LogP contribution is 2.44. The molecule has 0 saturated carbocycles. The Morgan fingerprint density at radius 1 is 1.03 bits per heavy atom. The Kier molecular flexibility index (Phi) is 5.62. The van der Waals surface area contributed by atoms with E-state index in [1.807, 2.05) is 6.07 Å². The molecule has 1 unspecified atom stereocenters. The summed E-state index contributed by atoms with van der Waals surface area (Å²) in [5.74, 6) is -2.86. The number of halogens is 3. The quantitative estimate of drug-likeness (QED) is 0.501. The van der Waals surface area contributed by atoms with Crippen LogP contribution in [-0.4, -0.2) is 8.42 Å². The third-order valence-electron chi connectivity index (χ3n) is 4.77. The number of nitrogens with zero attached hydrogens (tertiary/aromatic N) is 1. The number of nitrogens with two attached hydrogens (primary N) is 1. The fraction of sp³-hybridized carbons (Fsp3) is 0.0455. The molecule has 1 aliphatic rings. The molecule has 3 aromatic rings. The van der Waals surface area contributed by atoms with Gasteiger partial charge in [-0.25, -0.2) is 8.78 Å². The van der Waals surface area contributed by atoms with E-state index in [-0.39, 0.29) is 33.4 Å². The summed E-state index contributed by atoms with van der Waals surface area (Å²) in [6.45, 7) is 0. The monoisotopic (exact) mass is 518 g/mol. The maximum absolute atomic E-state index is 14.5. The third-order valence-corrected chi connectivity index (χ3v) is 6.56. The first-order valence-electron chi connectivity index (χ1n) is 9.06. The van der Waals surface area contributed by atoms with E-state index in [9.17, 15) is 22.5 Å². The third kappa shape index (κ3) is 4.04. The van der Waals surface area contributed by atoms with Gasteiger partial charge in [0.05, 0.1) is 5.92 Å². The van der Waals surface area contributed by atoms with Gasteiger partial charge in [0.2, 0.25) is 5.88 Å². The largest absolute Gasteiger partial charge is 0.440 e. The second-order valence-corrected chi connectivity index (χ2v) is 9.24. The van der Waals surface area contributed by atoms with Crippen molar-refractivity contribution in [1.29, 1.82) is 5.26 Å². The molecule has 1 heterocycles. The van der Waals surface area contributed by atoms with Crippen LogP contribution < -0.4 is 14.7 Å². The molecule has 0 amide bonds. The Hall–Kier alpha value is -3.42. The second kappa shape index (κ2) is 8.26. The molecule has 0 aliphatic carbocycles. The van der Waals surface area contributed by atoms with Gasteiger partial charge in [0.1, 0.15) is 39.7 Å². The highest BCUT2D eigenvalue weighted by atomic mass is 79.9. The van der Waals surface area contributed by atoms with Crippen LogP contribution in [0.25, 0.3) is 0 Å². The Balaban J connectivity index is 1.75. The first-order chi connectivity index (χ1) is 15.2. The number of rotatable bonds is 4. The summed E-state index contributed by atoms with van der Waals surface area (Å²) in [5.41, 5.74) is 6.18. The zero-order valence-corrected chi connectivity index (χ0v) is 18.5. The number of hydrogen-bond acceptors (Lipinski definition) is 6. The Bertz CT molecular complexity index is 1400. The van der Waals surface area contributed by atoms with Crippen LogP contribution in [0.5, 0.6) is 11.5 Å². The molecule has 162 valence electrons. The van der Waals surface area contributed by atoms with Crippen molar-refractivity contribution in [3.05, 3.63) is 99.4 Å². The first-order valence-corrected chi connectivity index (χ1v) is 11.3. The van der Waals surface area contributed by atoms with Gasteiger partial charge < -0.3 is 14.7 Å². The molecule has 32 heavy (non-hydrogen) atoms. The molecule has 4 rings (SSSR count). The Morgan fingerprint density at radius 3 is 2.38 bits per heavy atom. The van der Waals surface area contributed by atoms with Crippen LogP contribution in [0.1, 0.15) is 17.0 Å². The molecule has 0 spiro atoms. The van der Waals surface area contributed by atoms with Gasteiger partial charge in [0.25, 0.3) is 0 Å². The summed E-state index contributed by atoms with van der Waals surface area (Å²) in [5, 5.41) is 9.55. The lowest BCUT2D eigenvalue weighted by atomic mass is 9.83. The summed E-state index contributed by atoms with van der Waals surface area (Å²) < 4.78 is 64.4. The number of ether oxygens (including phenoxy) is 1. The van der Waals surface area contributed by atoms with Gasteiger partial charge in [-0.2, -0.15) is 13.7 Å². The minimum absolute atomic E-state index is 0.0200. The van der Waals surface area contributed by atoms with E-state index >= 15 is 0 Å². The van der Waals surface area contributed by atoms with Gasteiger partial charge in [-0.1, -0.05) is 28.1 Å². The molecule has 3 aromatic carbocycles. The molecular formula is C22H13BrF2N2O4S. The van der Waals surface area contributed by atoms with Crippen LogP contribution in [-0.2, 0) is 10.1 Å². The Labute approximate surface area is 190 Å². The maximum Gasteiger partial charge on any atom is 0.339 e. The molecule has 0 bridgehead atoms. The van der Waals surface area contributed by atoms with E-state index in [0.717, 1.165) is 6.07 Å². The fourth-order valence-corrected chi connectivity index (χ4v) is 4.51. The topological polar surface area (TPSA) is 102 Å². The highest BCUT2D eigenvalue weighted by molar-refractivity contribution is 9.10. The van der Waals surface area contributed by atoms with Crippen LogP contribution >= 0.6 is 15.9 Å². The summed E-state index contributed by atoms with van der Waals surface area (Å²) in [6.07, 6.45) is 0. The minimum atomic E-state index is -4.14. The van der Waals surface area contributed by atoms with E-state index in [4.69, 9.17) is 14.7 Å².